The zero-order chi connectivity index (χ0) is 18.3. The first-order valence-electron chi connectivity index (χ1n) is 6.75. The fourth-order valence-electron chi connectivity index (χ4n) is 1.59. The van der Waals surface area contributed by atoms with E-state index in [4.69, 9.17) is 49.5 Å². The van der Waals surface area contributed by atoms with Crippen LogP contribution >= 0.6 is 34.8 Å². The molecular weight excluding hydrogens is 379 g/mol. The van der Waals surface area contributed by atoms with E-state index in [0.29, 0.717) is 0 Å². The van der Waals surface area contributed by atoms with Gasteiger partial charge in [0.2, 0.25) is 0 Å². The van der Waals surface area contributed by atoms with Crippen LogP contribution in [0.3, 0.4) is 0 Å². The molecule has 1 aromatic carbocycles. The molecule has 1 N–H and O–H groups in total. The molecule has 0 radical (unpaired) electrons. The minimum absolute atomic E-state index is 0.0506. The molecule has 0 atom stereocenters. The summed E-state index contributed by atoms with van der Waals surface area (Å²) in [6.45, 7) is 3.49. The lowest BCUT2D eigenvalue weighted by molar-refractivity contribution is -0.138. The van der Waals surface area contributed by atoms with Crippen molar-refractivity contribution < 1.29 is 19.1 Å². The fraction of sp³-hybridized carbons (Fsp3) is 0.267. The van der Waals surface area contributed by atoms with E-state index in [1.54, 1.807) is 19.9 Å². The normalized spacial score (nSPS) is 10.8. The molecule has 0 aliphatic heterocycles. The summed E-state index contributed by atoms with van der Waals surface area (Å²) < 4.78 is 9.61. The molecule has 1 rings (SSSR count). The highest BCUT2D eigenvalue weighted by atomic mass is 35.5. The van der Waals surface area contributed by atoms with E-state index in [-0.39, 0.29) is 45.1 Å². The first kappa shape index (κ1) is 20.1. The maximum atomic E-state index is 12.0. The highest BCUT2D eigenvalue weighted by Crippen LogP contribution is 2.38. The van der Waals surface area contributed by atoms with Crippen LogP contribution in [0.1, 0.15) is 24.2 Å². The number of carbonyl (C=O) groups excluding carboxylic acids is 2. The molecule has 0 heterocycles. The lowest BCUT2D eigenvalue weighted by Gasteiger charge is -2.12. The number of ether oxygens (including phenoxy) is 2. The van der Waals surface area contributed by atoms with Crippen LogP contribution in [0.2, 0.25) is 15.1 Å². The number of anilines is 1. The van der Waals surface area contributed by atoms with E-state index in [0.717, 1.165) is 6.20 Å². The molecular formula is C15H13Cl3N2O4. The van der Waals surface area contributed by atoms with Crippen LogP contribution in [0.5, 0.6) is 0 Å². The Morgan fingerprint density at radius 1 is 1.21 bits per heavy atom. The SMILES string of the molecule is CCOC(=O)C(C#N)=CNc1cc(Cl)c(Cl)c(C(=O)OCC)c1Cl. The number of nitriles is 1. The second kappa shape index (κ2) is 9.38. The Labute approximate surface area is 153 Å². The smallest absolute Gasteiger partial charge is 0.350 e. The standard InChI is InChI=1S/C15H13Cl3N2O4/c1-3-23-14(21)8(6-19)7-20-10-5-9(16)12(17)11(13(10)18)15(22)24-4-2/h5,7,20H,3-4H2,1-2H3. The van der Waals surface area contributed by atoms with E-state index in [2.05, 4.69) is 5.32 Å². The quantitative estimate of drug-likeness (QED) is 0.338. The van der Waals surface area contributed by atoms with E-state index in [1.165, 1.54) is 6.07 Å². The Hall–Kier alpha value is -1.94. The van der Waals surface area contributed by atoms with Crippen molar-refractivity contribution in [2.24, 2.45) is 0 Å². The Morgan fingerprint density at radius 3 is 2.38 bits per heavy atom. The second-order valence-corrected chi connectivity index (χ2v) is 5.33. The van der Waals surface area contributed by atoms with Gasteiger partial charge in [0.15, 0.2) is 5.57 Å². The van der Waals surface area contributed by atoms with Gasteiger partial charge in [0.05, 0.1) is 34.0 Å². The third-order valence-corrected chi connectivity index (χ3v) is 3.80. The number of carbonyl (C=O) groups is 2. The zero-order valence-corrected chi connectivity index (χ0v) is 15.1. The summed E-state index contributed by atoms with van der Waals surface area (Å²) in [5, 5.41) is 11.5. The van der Waals surface area contributed by atoms with Gasteiger partial charge in [-0.2, -0.15) is 5.26 Å². The monoisotopic (exact) mass is 390 g/mol. The molecule has 1 aromatic rings. The van der Waals surface area contributed by atoms with Gasteiger partial charge in [0.1, 0.15) is 11.6 Å². The zero-order valence-electron chi connectivity index (χ0n) is 12.8. The molecule has 24 heavy (non-hydrogen) atoms. The molecule has 0 aromatic heterocycles. The fourth-order valence-corrected chi connectivity index (χ4v) is 2.35. The van der Waals surface area contributed by atoms with Crippen LogP contribution < -0.4 is 5.32 Å². The summed E-state index contributed by atoms with van der Waals surface area (Å²) >= 11 is 18.1. The van der Waals surface area contributed by atoms with Crippen molar-refractivity contribution in [1.82, 2.24) is 0 Å². The lowest BCUT2D eigenvalue weighted by Crippen LogP contribution is -2.09. The number of hydrogen-bond acceptors (Lipinski definition) is 6. The summed E-state index contributed by atoms with van der Waals surface area (Å²) in [4.78, 5) is 23.5. The lowest BCUT2D eigenvalue weighted by atomic mass is 10.2. The summed E-state index contributed by atoms with van der Waals surface area (Å²) in [7, 11) is 0. The predicted octanol–water partition coefficient (Wildman–Crippen LogP) is 4.21. The van der Waals surface area contributed by atoms with Crippen LogP contribution in [-0.2, 0) is 14.3 Å². The van der Waals surface area contributed by atoms with Gasteiger partial charge >= 0.3 is 11.9 Å². The highest BCUT2D eigenvalue weighted by molar-refractivity contribution is 6.47. The Bertz CT molecular complexity index is 726. The molecule has 0 unspecified atom stereocenters. The van der Waals surface area contributed by atoms with Crippen molar-refractivity contribution in [3.8, 4) is 6.07 Å². The van der Waals surface area contributed by atoms with Gasteiger partial charge in [-0.1, -0.05) is 34.8 Å². The van der Waals surface area contributed by atoms with E-state index in [1.807, 2.05) is 0 Å². The van der Waals surface area contributed by atoms with Gasteiger partial charge in [-0.3, -0.25) is 0 Å². The van der Waals surface area contributed by atoms with Gasteiger partial charge in [-0.25, -0.2) is 9.59 Å². The van der Waals surface area contributed by atoms with Gasteiger partial charge in [-0.05, 0) is 19.9 Å². The highest BCUT2D eigenvalue weighted by Gasteiger charge is 2.22. The molecule has 9 heteroatoms. The molecule has 0 bridgehead atoms. The minimum atomic E-state index is -0.797. The Morgan fingerprint density at radius 2 is 1.83 bits per heavy atom. The number of esters is 2. The summed E-state index contributed by atoms with van der Waals surface area (Å²) in [5.74, 6) is -1.54. The maximum Gasteiger partial charge on any atom is 0.350 e. The number of nitrogens with one attached hydrogen (secondary N) is 1. The van der Waals surface area contributed by atoms with E-state index < -0.39 is 11.9 Å². The van der Waals surface area contributed by atoms with Gasteiger partial charge in [-0.15, -0.1) is 0 Å². The van der Waals surface area contributed by atoms with Crippen LogP contribution in [0.25, 0.3) is 0 Å². The molecule has 0 amide bonds. The molecule has 0 fully saturated rings. The number of benzene rings is 1. The van der Waals surface area contributed by atoms with Crippen molar-refractivity contribution in [3.05, 3.63) is 38.5 Å². The van der Waals surface area contributed by atoms with E-state index in [9.17, 15) is 9.59 Å². The number of nitrogens with zero attached hydrogens (tertiary/aromatic N) is 1. The molecule has 0 aliphatic carbocycles. The minimum Gasteiger partial charge on any atom is -0.462 e. The van der Waals surface area contributed by atoms with Gasteiger partial charge < -0.3 is 14.8 Å². The summed E-state index contributed by atoms with van der Waals surface area (Å²) in [6.07, 6.45) is 1.10. The van der Waals surface area contributed by atoms with Gasteiger partial charge in [0, 0.05) is 6.20 Å². The number of hydrogen-bond donors (Lipinski definition) is 1. The molecule has 0 saturated carbocycles. The topological polar surface area (TPSA) is 88.4 Å². The third kappa shape index (κ3) is 4.78. The van der Waals surface area contributed by atoms with Crippen LogP contribution in [0.4, 0.5) is 5.69 Å². The molecule has 0 saturated heterocycles. The van der Waals surface area contributed by atoms with Crippen molar-refractivity contribution in [3.63, 3.8) is 0 Å². The van der Waals surface area contributed by atoms with Crippen LogP contribution in [0.15, 0.2) is 17.8 Å². The van der Waals surface area contributed by atoms with Crippen molar-refractivity contribution >= 4 is 52.4 Å². The van der Waals surface area contributed by atoms with Crippen molar-refractivity contribution in [1.29, 1.82) is 5.26 Å². The average Bonchev–Trinajstić information content (AvgIpc) is 2.53. The molecule has 128 valence electrons. The second-order valence-electron chi connectivity index (χ2n) is 4.16. The van der Waals surface area contributed by atoms with Gasteiger partial charge in [0.25, 0.3) is 0 Å². The maximum absolute atomic E-state index is 12.0. The molecule has 0 aliphatic rings. The van der Waals surface area contributed by atoms with Crippen molar-refractivity contribution in [2.45, 2.75) is 13.8 Å². The largest absolute Gasteiger partial charge is 0.462 e. The molecule has 6 nitrogen and oxygen atoms in total. The number of rotatable bonds is 6. The number of halogens is 3. The van der Waals surface area contributed by atoms with Crippen LogP contribution in [-0.4, -0.2) is 25.2 Å². The average molecular weight is 392 g/mol. The molecule has 0 spiro atoms. The van der Waals surface area contributed by atoms with Crippen molar-refractivity contribution in [2.75, 3.05) is 18.5 Å². The summed E-state index contributed by atoms with van der Waals surface area (Å²) in [6, 6.07) is 3.04. The third-order valence-electron chi connectivity index (χ3n) is 2.62. The van der Waals surface area contributed by atoms with Crippen LogP contribution in [0, 0.1) is 11.3 Å². The first-order chi connectivity index (χ1) is 11.4. The predicted molar refractivity (Wildman–Crippen MR) is 91.4 cm³/mol. The summed E-state index contributed by atoms with van der Waals surface area (Å²) in [5.41, 5.74) is -0.221. The first-order valence-corrected chi connectivity index (χ1v) is 7.89. The Balaban J connectivity index is 3.24. The Kier molecular flexibility index (Phi) is 7.86. The van der Waals surface area contributed by atoms with E-state index >= 15 is 0 Å².